The fourth-order valence-electron chi connectivity index (χ4n) is 2.74. The second-order valence-electron chi connectivity index (χ2n) is 7.74. The van der Waals surface area contributed by atoms with E-state index >= 15 is 0 Å². The van der Waals surface area contributed by atoms with Crippen LogP contribution in [0.3, 0.4) is 0 Å². The van der Waals surface area contributed by atoms with E-state index in [4.69, 9.17) is 22.9 Å². The van der Waals surface area contributed by atoms with Gasteiger partial charge in [0.2, 0.25) is 23.6 Å². The minimum Gasteiger partial charge on any atom is -0.480 e. The Bertz CT molecular complexity index is 761. The number of carbonyl (C=O) groups is 5. The normalized spacial score (nSPS) is 15.1. The molecule has 0 aromatic rings. The van der Waals surface area contributed by atoms with Crippen LogP contribution in [0.15, 0.2) is 4.99 Å². The molecule has 0 rings (SSSR count). The summed E-state index contributed by atoms with van der Waals surface area (Å²) in [5.74, 6) is -5.05. The molecule has 0 radical (unpaired) electrons. The number of thiol groups is 1. The van der Waals surface area contributed by atoms with Gasteiger partial charge in [0.05, 0.1) is 12.5 Å². The maximum atomic E-state index is 12.8. The number of nitrogens with zero attached hydrogens (tertiary/aromatic N) is 1. The highest BCUT2D eigenvalue weighted by Crippen LogP contribution is 2.10. The molecule has 12 N–H and O–H groups in total. The maximum Gasteiger partial charge on any atom is 0.326 e. The first kappa shape index (κ1) is 30.9. The molecule has 34 heavy (non-hydrogen) atoms. The van der Waals surface area contributed by atoms with Crippen LogP contribution in [0, 0.1) is 5.92 Å². The van der Waals surface area contributed by atoms with Gasteiger partial charge in [-0.15, -0.1) is 0 Å². The van der Waals surface area contributed by atoms with Crippen LogP contribution in [0.4, 0.5) is 0 Å². The SMILES string of the molecule is CCC(C)C(NC(=O)C(CS)NC(=O)C(N)CCCN=C(N)N)C(=O)NC(CC(N)=O)C(=O)O. The third kappa shape index (κ3) is 11.7. The van der Waals surface area contributed by atoms with Gasteiger partial charge in [0, 0.05) is 12.3 Å². The molecule has 5 atom stereocenters. The summed E-state index contributed by atoms with van der Waals surface area (Å²) in [6, 6.07) is -4.73. The molecule has 4 amide bonds. The first-order chi connectivity index (χ1) is 15.8. The molecular weight excluding hydrogens is 468 g/mol. The lowest BCUT2D eigenvalue weighted by Crippen LogP contribution is -2.59. The zero-order valence-corrected chi connectivity index (χ0v) is 20.2. The van der Waals surface area contributed by atoms with Crippen molar-refractivity contribution in [3.05, 3.63) is 0 Å². The van der Waals surface area contributed by atoms with Gasteiger partial charge in [0.1, 0.15) is 18.1 Å². The maximum absolute atomic E-state index is 12.8. The van der Waals surface area contributed by atoms with E-state index in [0.29, 0.717) is 19.4 Å². The molecule has 0 saturated heterocycles. The highest BCUT2D eigenvalue weighted by molar-refractivity contribution is 7.80. The van der Waals surface area contributed by atoms with Crippen LogP contribution in [-0.2, 0) is 24.0 Å². The summed E-state index contributed by atoms with van der Waals surface area (Å²) in [7, 11) is 0. The van der Waals surface area contributed by atoms with Gasteiger partial charge >= 0.3 is 5.97 Å². The lowest BCUT2D eigenvalue weighted by Gasteiger charge is -2.27. The zero-order valence-electron chi connectivity index (χ0n) is 19.3. The Morgan fingerprint density at radius 3 is 2.03 bits per heavy atom. The fourth-order valence-corrected chi connectivity index (χ4v) is 3.00. The molecule has 0 heterocycles. The average molecular weight is 505 g/mol. The molecule has 0 aliphatic carbocycles. The third-order valence-corrected chi connectivity index (χ3v) is 5.30. The Morgan fingerprint density at radius 1 is 0.971 bits per heavy atom. The van der Waals surface area contributed by atoms with Crippen molar-refractivity contribution >= 4 is 48.2 Å². The lowest BCUT2D eigenvalue weighted by atomic mass is 9.97. The van der Waals surface area contributed by atoms with Gasteiger partial charge in [-0.2, -0.15) is 12.6 Å². The number of hydrogen-bond acceptors (Lipinski definition) is 8. The molecule has 0 aromatic carbocycles. The van der Waals surface area contributed by atoms with Crippen LogP contribution in [0.5, 0.6) is 0 Å². The van der Waals surface area contributed by atoms with Crippen molar-refractivity contribution in [2.45, 2.75) is 63.7 Å². The number of carbonyl (C=O) groups excluding carboxylic acids is 4. The van der Waals surface area contributed by atoms with E-state index in [1.165, 1.54) is 0 Å². The first-order valence-corrected chi connectivity index (χ1v) is 11.3. The van der Waals surface area contributed by atoms with Gasteiger partial charge in [-0.25, -0.2) is 4.79 Å². The van der Waals surface area contributed by atoms with E-state index < -0.39 is 66.1 Å². The number of hydrogen-bond donors (Lipinski definition) is 9. The first-order valence-electron chi connectivity index (χ1n) is 10.7. The Morgan fingerprint density at radius 2 is 1.56 bits per heavy atom. The van der Waals surface area contributed by atoms with E-state index in [-0.39, 0.29) is 18.1 Å². The number of carboxylic acid groups (broad SMARTS) is 1. The number of carboxylic acids is 1. The van der Waals surface area contributed by atoms with E-state index in [2.05, 4.69) is 33.6 Å². The smallest absolute Gasteiger partial charge is 0.326 e. The van der Waals surface area contributed by atoms with Crippen LogP contribution < -0.4 is 38.9 Å². The zero-order chi connectivity index (χ0) is 26.4. The van der Waals surface area contributed by atoms with E-state index in [0.717, 1.165) is 0 Å². The topological polar surface area (TPSA) is 258 Å². The lowest BCUT2D eigenvalue weighted by molar-refractivity contribution is -0.144. The molecule has 0 spiro atoms. The summed E-state index contributed by atoms with van der Waals surface area (Å²) in [5, 5.41) is 16.4. The minimum absolute atomic E-state index is 0.0750. The number of nitrogens with two attached hydrogens (primary N) is 4. The second kappa shape index (κ2) is 15.7. The van der Waals surface area contributed by atoms with Crippen molar-refractivity contribution in [2.75, 3.05) is 12.3 Å². The molecule has 0 aromatic heterocycles. The summed E-state index contributed by atoms with van der Waals surface area (Å²) in [6.45, 7) is 3.74. The molecule has 14 nitrogen and oxygen atoms in total. The van der Waals surface area contributed by atoms with Crippen LogP contribution in [-0.4, -0.2) is 77.1 Å². The molecule has 0 aliphatic heterocycles. The predicted octanol–water partition coefficient (Wildman–Crippen LogP) is -3.24. The van der Waals surface area contributed by atoms with Crippen molar-refractivity contribution in [1.82, 2.24) is 16.0 Å². The second-order valence-corrected chi connectivity index (χ2v) is 8.11. The Hall–Kier alpha value is -3.07. The van der Waals surface area contributed by atoms with Crippen molar-refractivity contribution in [3.8, 4) is 0 Å². The molecular formula is C19H36N8O6S. The Balaban J connectivity index is 5.20. The van der Waals surface area contributed by atoms with Crippen LogP contribution in [0.2, 0.25) is 0 Å². The van der Waals surface area contributed by atoms with Crippen molar-refractivity contribution in [3.63, 3.8) is 0 Å². The van der Waals surface area contributed by atoms with Gasteiger partial charge in [0.15, 0.2) is 5.96 Å². The van der Waals surface area contributed by atoms with Crippen molar-refractivity contribution in [1.29, 1.82) is 0 Å². The molecule has 0 saturated carbocycles. The van der Waals surface area contributed by atoms with Crippen LogP contribution in [0.1, 0.15) is 39.5 Å². The molecule has 0 aliphatic rings. The van der Waals surface area contributed by atoms with Gasteiger partial charge in [0.25, 0.3) is 0 Å². The van der Waals surface area contributed by atoms with Crippen LogP contribution >= 0.6 is 12.6 Å². The number of amides is 4. The summed E-state index contributed by atoms with van der Waals surface area (Å²) in [4.78, 5) is 64.0. The number of guanidine groups is 1. The number of primary amides is 1. The monoisotopic (exact) mass is 504 g/mol. The molecule has 194 valence electrons. The summed E-state index contributed by atoms with van der Waals surface area (Å²) in [6.07, 6.45) is 0.553. The number of aliphatic carboxylic acids is 1. The number of rotatable bonds is 16. The Kier molecular flexibility index (Phi) is 14.3. The highest BCUT2D eigenvalue weighted by Gasteiger charge is 2.32. The van der Waals surface area contributed by atoms with E-state index in [9.17, 15) is 29.1 Å². The summed E-state index contributed by atoms with van der Waals surface area (Å²) >= 11 is 4.08. The Labute approximate surface area is 203 Å². The number of nitrogens with one attached hydrogen (secondary N) is 3. The standard InChI is InChI=1S/C19H36N8O6S/c1-3-9(2)14(17(31)25-11(18(32)33)7-13(21)28)27-16(30)12(8-34)26-15(29)10(20)5-4-6-24-19(22)23/h9-12,14,34H,3-8,20H2,1-2H3,(H2,21,28)(H,25,31)(H,26,29)(H,27,30)(H,32,33)(H4,22,23,24). The summed E-state index contributed by atoms with van der Waals surface area (Å²) in [5.41, 5.74) is 21.3. The van der Waals surface area contributed by atoms with Gasteiger partial charge in [-0.05, 0) is 18.8 Å². The van der Waals surface area contributed by atoms with Gasteiger partial charge < -0.3 is 44.0 Å². The highest BCUT2D eigenvalue weighted by atomic mass is 32.1. The van der Waals surface area contributed by atoms with Crippen molar-refractivity contribution in [2.24, 2.45) is 33.8 Å². The van der Waals surface area contributed by atoms with E-state index in [1.807, 2.05) is 0 Å². The van der Waals surface area contributed by atoms with E-state index in [1.54, 1.807) is 13.8 Å². The number of aliphatic imine (C=N–C) groups is 1. The summed E-state index contributed by atoms with van der Waals surface area (Å²) < 4.78 is 0. The third-order valence-electron chi connectivity index (χ3n) is 4.93. The quantitative estimate of drug-likeness (QED) is 0.0442. The van der Waals surface area contributed by atoms with Crippen molar-refractivity contribution < 1.29 is 29.1 Å². The molecule has 15 heteroatoms. The molecule has 5 unspecified atom stereocenters. The molecule has 0 bridgehead atoms. The average Bonchev–Trinajstić information content (AvgIpc) is 2.76. The predicted molar refractivity (Wildman–Crippen MR) is 128 cm³/mol. The minimum atomic E-state index is -1.55. The fraction of sp³-hybridized carbons (Fsp3) is 0.684. The van der Waals surface area contributed by atoms with Crippen LogP contribution in [0.25, 0.3) is 0 Å². The molecule has 0 fully saturated rings. The largest absolute Gasteiger partial charge is 0.480 e. The van der Waals surface area contributed by atoms with Gasteiger partial charge in [-0.3, -0.25) is 24.2 Å². The van der Waals surface area contributed by atoms with Gasteiger partial charge in [-0.1, -0.05) is 20.3 Å².